The smallest absolute Gasteiger partial charge is 0.0873 e. The third kappa shape index (κ3) is 2.07. The monoisotopic (exact) mass is 202 g/mol. The summed E-state index contributed by atoms with van der Waals surface area (Å²) >= 11 is 0. The molecule has 1 heterocycles. The molecule has 1 saturated heterocycles. The molecule has 80 valence electrons. The first-order chi connectivity index (χ1) is 7.43. The van der Waals surface area contributed by atoms with Crippen LogP contribution in [0.1, 0.15) is 31.2 Å². The molecule has 0 radical (unpaired) electrons. The van der Waals surface area contributed by atoms with Crippen molar-refractivity contribution in [1.29, 1.82) is 0 Å². The minimum atomic E-state index is 0.590. The Hall–Kier alpha value is -0.820. The highest BCUT2D eigenvalue weighted by molar-refractivity contribution is 5.16. The van der Waals surface area contributed by atoms with E-state index >= 15 is 0 Å². The molecule has 0 aromatic heterocycles. The third-order valence-corrected chi connectivity index (χ3v) is 3.74. The molecule has 3 unspecified atom stereocenters. The van der Waals surface area contributed by atoms with Gasteiger partial charge in [-0.2, -0.15) is 0 Å². The molecule has 0 amide bonds. The number of ether oxygens (including phenoxy) is 1. The minimum Gasteiger partial charge on any atom is -0.369 e. The van der Waals surface area contributed by atoms with Gasteiger partial charge in [0.05, 0.1) is 12.2 Å². The molecule has 3 rings (SSSR count). The van der Waals surface area contributed by atoms with Crippen molar-refractivity contribution in [2.24, 2.45) is 5.92 Å². The molecule has 1 heteroatoms. The lowest BCUT2D eigenvalue weighted by Crippen LogP contribution is -2.12. The Balaban J connectivity index is 1.67. The van der Waals surface area contributed by atoms with Gasteiger partial charge in [-0.1, -0.05) is 43.2 Å². The van der Waals surface area contributed by atoms with Crippen molar-refractivity contribution in [3.63, 3.8) is 0 Å². The van der Waals surface area contributed by atoms with Gasteiger partial charge in [-0.3, -0.25) is 0 Å². The second-order valence-corrected chi connectivity index (χ2v) is 4.87. The average Bonchev–Trinajstić information content (AvgIpc) is 3.02. The normalized spacial score (nSPS) is 34.3. The summed E-state index contributed by atoms with van der Waals surface area (Å²) in [5.41, 5.74) is 1.47. The maximum atomic E-state index is 5.74. The van der Waals surface area contributed by atoms with Crippen LogP contribution in [-0.4, -0.2) is 12.2 Å². The quantitative estimate of drug-likeness (QED) is 0.671. The number of epoxide rings is 1. The van der Waals surface area contributed by atoms with Crippen LogP contribution in [0.4, 0.5) is 0 Å². The van der Waals surface area contributed by atoms with Crippen molar-refractivity contribution >= 4 is 0 Å². The summed E-state index contributed by atoms with van der Waals surface area (Å²) < 4.78 is 5.74. The Morgan fingerprint density at radius 2 is 1.87 bits per heavy atom. The van der Waals surface area contributed by atoms with E-state index in [0.29, 0.717) is 12.2 Å². The molecule has 1 aliphatic carbocycles. The summed E-state index contributed by atoms with van der Waals surface area (Å²) in [6.45, 7) is 0. The molecule has 1 aromatic carbocycles. The SMILES string of the molecule is c1ccc(CC2CCCCC3OC23)cc1. The van der Waals surface area contributed by atoms with Crippen molar-refractivity contribution in [3.8, 4) is 0 Å². The molecule has 2 fully saturated rings. The second-order valence-electron chi connectivity index (χ2n) is 4.87. The van der Waals surface area contributed by atoms with Gasteiger partial charge < -0.3 is 4.74 Å². The van der Waals surface area contributed by atoms with Gasteiger partial charge in [-0.25, -0.2) is 0 Å². The zero-order valence-electron chi connectivity index (χ0n) is 9.06. The van der Waals surface area contributed by atoms with Gasteiger partial charge in [-0.05, 0) is 30.7 Å². The first kappa shape index (κ1) is 9.41. The van der Waals surface area contributed by atoms with Gasteiger partial charge in [0.2, 0.25) is 0 Å². The second kappa shape index (κ2) is 3.97. The summed E-state index contributed by atoms with van der Waals surface area (Å²) in [5, 5.41) is 0. The van der Waals surface area contributed by atoms with Crippen LogP contribution in [0.3, 0.4) is 0 Å². The molecule has 1 aromatic rings. The predicted molar refractivity (Wildman–Crippen MR) is 60.8 cm³/mol. The molecular formula is C14H18O. The first-order valence-electron chi connectivity index (χ1n) is 6.13. The fraction of sp³-hybridized carbons (Fsp3) is 0.571. The highest BCUT2D eigenvalue weighted by Crippen LogP contribution is 2.40. The lowest BCUT2D eigenvalue weighted by molar-refractivity contribution is 0.282. The van der Waals surface area contributed by atoms with Crippen molar-refractivity contribution in [3.05, 3.63) is 35.9 Å². The fourth-order valence-corrected chi connectivity index (χ4v) is 2.85. The molecule has 1 saturated carbocycles. The van der Waals surface area contributed by atoms with Crippen molar-refractivity contribution < 1.29 is 4.74 Å². The summed E-state index contributed by atoms with van der Waals surface area (Å²) in [6, 6.07) is 10.8. The van der Waals surface area contributed by atoms with Gasteiger partial charge >= 0.3 is 0 Å². The molecule has 0 spiro atoms. The average molecular weight is 202 g/mol. The van der Waals surface area contributed by atoms with E-state index in [0.717, 1.165) is 5.92 Å². The van der Waals surface area contributed by atoms with Crippen LogP contribution >= 0.6 is 0 Å². The summed E-state index contributed by atoms with van der Waals surface area (Å²) in [6.07, 6.45) is 7.84. The molecule has 1 nitrogen and oxygen atoms in total. The van der Waals surface area contributed by atoms with Crippen LogP contribution in [0.5, 0.6) is 0 Å². The topological polar surface area (TPSA) is 12.5 Å². The number of rotatable bonds is 2. The van der Waals surface area contributed by atoms with E-state index in [9.17, 15) is 0 Å². The number of hydrogen-bond acceptors (Lipinski definition) is 1. The van der Waals surface area contributed by atoms with E-state index in [1.165, 1.54) is 37.7 Å². The Bertz CT molecular complexity index is 319. The van der Waals surface area contributed by atoms with Crippen LogP contribution in [0, 0.1) is 5.92 Å². The Labute approximate surface area is 91.5 Å². The Morgan fingerprint density at radius 3 is 2.73 bits per heavy atom. The standard InChI is InChI=1S/C14H18O/c1-2-6-11(7-3-1)10-12-8-4-5-9-13-14(12)15-13/h1-3,6-7,12-14H,4-5,8-10H2. The van der Waals surface area contributed by atoms with E-state index < -0.39 is 0 Å². The van der Waals surface area contributed by atoms with E-state index in [-0.39, 0.29) is 0 Å². The van der Waals surface area contributed by atoms with Crippen molar-refractivity contribution in [2.75, 3.05) is 0 Å². The van der Waals surface area contributed by atoms with Gasteiger partial charge in [0.25, 0.3) is 0 Å². The van der Waals surface area contributed by atoms with E-state index in [1.54, 1.807) is 0 Å². The van der Waals surface area contributed by atoms with Crippen molar-refractivity contribution in [2.45, 2.75) is 44.3 Å². The minimum absolute atomic E-state index is 0.590. The van der Waals surface area contributed by atoms with E-state index in [2.05, 4.69) is 30.3 Å². The molecule has 3 atom stereocenters. The molecule has 0 N–H and O–H groups in total. The maximum Gasteiger partial charge on any atom is 0.0873 e. The molecule has 15 heavy (non-hydrogen) atoms. The van der Waals surface area contributed by atoms with Gasteiger partial charge in [0.15, 0.2) is 0 Å². The number of fused-ring (bicyclic) bond motifs is 1. The van der Waals surface area contributed by atoms with Crippen LogP contribution in [-0.2, 0) is 11.2 Å². The Morgan fingerprint density at radius 1 is 1.07 bits per heavy atom. The fourth-order valence-electron chi connectivity index (χ4n) is 2.85. The van der Waals surface area contributed by atoms with E-state index in [4.69, 9.17) is 4.74 Å². The first-order valence-corrected chi connectivity index (χ1v) is 6.13. The van der Waals surface area contributed by atoms with Gasteiger partial charge in [0.1, 0.15) is 0 Å². The van der Waals surface area contributed by atoms with Crippen LogP contribution in [0.25, 0.3) is 0 Å². The highest BCUT2D eigenvalue weighted by Gasteiger charge is 2.45. The lowest BCUT2D eigenvalue weighted by atomic mass is 9.92. The van der Waals surface area contributed by atoms with E-state index in [1.807, 2.05) is 0 Å². The van der Waals surface area contributed by atoms with Gasteiger partial charge in [0, 0.05) is 0 Å². The summed E-state index contributed by atoms with van der Waals surface area (Å²) in [4.78, 5) is 0. The van der Waals surface area contributed by atoms with Crippen molar-refractivity contribution in [1.82, 2.24) is 0 Å². The van der Waals surface area contributed by atoms with Crippen LogP contribution in [0.15, 0.2) is 30.3 Å². The zero-order chi connectivity index (χ0) is 10.1. The maximum absolute atomic E-state index is 5.74. The largest absolute Gasteiger partial charge is 0.369 e. The lowest BCUT2D eigenvalue weighted by Gasteiger charge is -2.12. The third-order valence-electron chi connectivity index (χ3n) is 3.74. The molecular weight excluding hydrogens is 184 g/mol. The summed E-state index contributed by atoms with van der Waals surface area (Å²) in [7, 11) is 0. The number of hydrogen-bond donors (Lipinski definition) is 0. The van der Waals surface area contributed by atoms with Gasteiger partial charge in [-0.15, -0.1) is 0 Å². The molecule has 0 bridgehead atoms. The Kier molecular flexibility index (Phi) is 2.49. The molecule has 2 aliphatic rings. The molecule has 1 aliphatic heterocycles. The highest BCUT2D eigenvalue weighted by atomic mass is 16.6. The predicted octanol–water partition coefficient (Wildman–Crippen LogP) is 3.19. The van der Waals surface area contributed by atoms with Crippen LogP contribution < -0.4 is 0 Å². The number of benzene rings is 1. The summed E-state index contributed by atoms with van der Waals surface area (Å²) in [5.74, 6) is 0.778. The van der Waals surface area contributed by atoms with Crippen LogP contribution in [0.2, 0.25) is 0 Å². The zero-order valence-corrected chi connectivity index (χ0v) is 9.06.